The van der Waals surface area contributed by atoms with Gasteiger partial charge >= 0.3 is 0 Å². The van der Waals surface area contributed by atoms with E-state index in [9.17, 15) is 0 Å². The van der Waals surface area contributed by atoms with Gasteiger partial charge in [0.1, 0.15) is 0 Å². The molecule has 0 spiro atoms. The van der Waals surface area contributed by atoms with Crippen LogP contribution in [0.15, 0.2) is 0 Å². The molecule has 0 saturated carbocycles. The van der Waals surface area contributed by atoms with Crippen LogP contribution in [0.1, 0.15) is 57.8 Å². The Morgan fingerprint density at radius 1 is 1.00 bits per heavy atom. The number of hydrogen-bond donors (Lipinski definition) is 2. The summed E-state index contributed by atoms with van der Waals surface area (Å²) in [5.41, 5.74) is 2.96. The molecule has 2 saturated heterocycles. The van der Waals surface area contributed by atoms with Crippen LogP contribution in [0.2, 0.25) is 0 Å². The first-order valence-corrected chi connectivity index (χ1v) is 7.58. The van der Waals surface area contributed by atoms with Crippen molar-refractivity contribution in [2.45, 2.75) is 76.0 Å². The predicted octanol–water partition coefficient (Wildman–Crippen LogP) is 2.13. The van der Waals surface area contributed by atoms with Crippen molar-refractivity contribution in [3.63, 3.8) is 0 Å². The van der Waals surface area contributed by atoms with Crippen molar-refractivity contribution < 1.29 is 9.47 Å². The summed E-state index contributed by atoms with van der Waals surface area (Å²) in [6.45, 7) is 1.91. The van der Waals surface area contributed by atoms with Gasteiger partial charge in [0, 0.05) is 19.3 Å². The minimum absolute atomic E-state index is 0.440. The first kappa shape index (κ1) is 14.3. The van der Waals surface area contributed by atoms with E-state index in [0.717, 1.165) is 32.5 Å². The largest absolute Gasteiger partial charge is 0.378 e. The number of ether oxygens (including phenoxy) is 2. The van der Waals surface area contributed by atoms with Crippen LogP contribution in [0.5, 0.6) is 0 Å². The third kappa shape index (κ3) is 4.84. The van der Waals surface area contributed by atoms with E-state index in [1.165, 1.54) is 38.5 Å². The molecule has 0 bridgehead atoms. The van der Waals surface area contributed by atoms with Crippen LogP contribution in [0.4, 0.5) is 0 Å². The molecular weight excluding hydrogens is 228 g/mol. The first-order valence-electron chi connectivity index (χ1n) is 7.58. The first-order chi connectivity index (χ1) is 8.88. The molecule has 0 aromatic carbocycles. The van der Waals surface area contributed by atoms with E-state index in [2.05, 4.69) is 5.43 Å². The molecule has 0 aliphatic carbocycles. The summed E-state index contributed by atoms with van der Waals surface area (Å²) >= 11 is 0. The molecule has 0 aromatic heterocycles. The molecule has 3 unspecified atom stereocenters. The number of nitrogens with one attached hydrogen (secondary N) is 1. The smallest absolute Gasteiger partial charge is 0.0576 e. The van der Waals surface area contributed by atoms with Crippen LogP contribution in [-0.2, 0) is 9.47 Å². The second kappa shape index (κ2) is 8.10. The van der Waals surface area contributed by atoms with E-state index in [1.54, 1.807) is 0 Å². The van der Waals surface area contributed by atoms with Gasteiger partial charge in [0.25, 0.3) is 0 Å². The van der Waals surface area contributed by atoms with Gasteiger partial charge < -0.3 is 9.47 Å². The van der Waals surface area contributed by atoms with Gasteiger partial charge in [-0.3, -0.25) is 11.3 Å². The summed E-state index contributed by atoms with van der Waals surface area (Å²) in [5, 5.41) is 0. The van der Waals surface area contributed by atoms with Gasteiger partial charge in [0.2, 0.25) is 0 Å². The van der Waals surface area contributed by atoms with Gasteiger partial charge in [-0.2, -0.15) is 0 Å². The summed E-state index contributed by atoms with van der Waals surface area (Å²) in [6, 6.07) is 0.440. The number of hydrazine groups is 1. The fourth-order valence-corrected chi connectivity index (χ4v) is 3.03. The number of rotatable bonds is 8. The number of hydrogen-bond acceptors (Lipinski definition) is 4. The quantitative estimate of drug-likeness (QED) is 0.516. The Morgan fingerprint density at radius 2 is 1.67 bits per heavy atom. The lowest BCUT2D eigenvalue weighted by atomic mass is 10.00. The SMILES string of the molecule is NNC(CCCC1CCCO1)CCC1CCCO1. The van der Waals surface area contributed by atoms with Gasteiger partial charge in [-0.15, -0.1) is 0 Å². The normalized spacial score (nSPS) is 29.8. The van der Waals surface area contributed by atoms with Crippen LogP contribution in [0.3, 0.4) is 0 Å². The maximum atomic E-state index is 5.65. The molecule has 18 heavy (non-hydrogen) atoms. The van der Waals surface area contributed by atoms with Crippen molar-refractivity contribution in [1.29, 1.82) is 0 Å². The predicted molar refractivity (Wildman–Crippen MR) is 72.1 cm³/mol. The highest BCUT2D eigenvalue weighted by Crippen LogP contribution is 2.21. The molecule has 2 aliphatic rings. The third-order valence-corrected chi connectivity index (χ3v) is 4.20. The standard InChI is InChI=1S/C14H28N2O2/c15-16-12(8-9-14-7-3-11-18-14)4-1-5-13-6-2-10-17-13/h12-14,16H,1-11,15H2. The van der Waals surface area contributed by atoms with Crippen LogP contribution < -0.4 is 11.3 Å². The molecule has 0 radical (unpaired) electrons. The molecule has 2 rings (SSSR count). The second-order valence-electron chi connectivity index (χ2n) is 5.64. The van der Waals surface area contributed by atoms with E-state index in [0.29, 0.717) is 18.2 Å². The van der Waals surface area contributed by atoms with Crippen molar-refractivity contribution in [1.82, 2.24) is 5.43 Å². The Bertz CT molecular complexity index is 214. The minimum atomic E-state index is 0.440. The second-order valence-corrected chi connectivity index (χ2v) is 5.64. The lowest BCUT2D eigenvalue weighted by Crippen LogP contribution is -2.35. The summed E-state index contributed by atoms with van der Waals surface area (Å²) in [4.78, 5) is 0. The van der Waals surface area contributed by atoms with Crippen LogP contribution in [0.25, 0.3) is 0 Å². The molecular formula is C14H28N2O2. The van der Waals surface area contributed by atoms with Crippen molar-refractivity contribution >= 4 is 0 Å². The average molecular weight is 256 g/mol. The average Bonchev–Trinajstić information content (AvgIpc) is 3.06. The Hall–Kier alpha value is -0.160. The fraction of sp³-hybridized carbons (Fsp3) is 1.00. The van der Waals surface area contributed by atoms with Crippen LogP contribution in [0, 0.1) is 0 Å². The van der Waals surface area contributed by atoms with E-state index in [1.807, 2.05) is 0 Å². The van der Waals surface area contributed by atoms with Gasteiger partial charge in [-0.25, -0.2) is 0 Å². The van der Waals surface area contributed by atoms with Crippen molar-refractivity contribution in [2.24, 2.45) is 5.84 Å². The lowest BCUT2D eigenvalue weighted by molar-refractivity contribution is 0.0954. The van der Waals surface area contributed by atoms with E-state index in [4.69, 9.17) is 15.3 Å². The Kier molecular flexibility index (Phi) is 6.41. The van der Waals surface area contributed by atoms with Crippen molar-refractivity contribution in [3.8, 4) is 0 Å². The summed E-state index contributed by atoms with van der Waals surface area (Å²) in [6.07, 6.45) is 11.8. The minimum Gasteiger partial charge on any atom is -0.378 e. The Morgan fingerprint density at radius 3 is 2.22 bits per heavy atom. The lowest BCUT2D eigenvalue weighted by Gasteiger charge is -2.18. The Labute approximate surface area is 111 Å². The maximum absolute atomic E-state index is 5.65. The summed E-state index contributed by atoms with van der Waals surface area (Å²) in [7, 11) is 0. The molecule has 2 aliphatic heterocycles. The van der Waals surface area contributed by atoms with Gasteiger partial charge in [0.15, 0.2) is 0 Å². The molecule has 4 heteroatoms. The van der Waals surface area contributed by atoms with Gasteiger partial charge in [0.05, 0.1) is 12.2 Å². The zero-order chi connectivity index (χ0) is 12.6. The fourth-order valence-electron chi connectivity index (χ4n) is 3.03. The Balaban J connectivity index is 1.53. The molecule has 3 N–H and O–H groups in total. The van der Waals surface area contributed by atoms with Crippen LogP contribution >= 0.6 is 0 Å². The van der Waals surface area contributed by atoms with Crippen molar-refractivity contribution in [2.75, 3.05) is 13.2 Å². The molecule has 2 fully saturated rings. The molecule has 4 nitrogen and oxygen atoms in total. The molecule has 3 atom stereocenters. The highest BCUT2D eigenvalue weighted by molar-refractivity contribution is 4.72. The molecule has 0 amide bonds. The van der Waals surface area contributed by atoms with E-state index < -0.39 is 0 Å². The zero-order valence-electron chi connectivity index (χ0n) is 11.4. The monoisotopic (exact) mass is 256 g/mol. The molecule has 106 valence electrons. The molecule has 2 heterocycles. The number of nitrogens with two attached hydrogens (primary N) is 1. The highest BCUT2D eigenvalue weighted by atomic mass is 16.5. The van der Waals surface area contributed by atoms with Crippen LogP contribution in [-0.4, -0.2) is 31.5 Å². The topological polar surface area (TPSA) is 56.5 Å². The van der Waals surface area contributed by atoms with Gasteiger partial charge in [-0.05, 0) is 57.8 Å². The summed E-state index contributed by atoms with van der Waals surface area (Å²) < 4.78 is 11.3. The van der Waals surface area contributed by atoms with E-state index in [-0.39, 0.29) is 0 Å². The maximum Gasteiger partial charge on any atom is 0.0576 e. The third-order valence-electron chi connectivity index (χ3n) is 4.20. The van der Waals surface area contributed by atoms with E-state index >= 15 is 0 Å². The summed E-state index contributed by atoms with van der Waals surface area (Å²) in [5.74, 6) is 5.63. The highest BCUT2D eigenvalue weighted by Gasteiger charge is 2.19. The zero-order valence-corrected chi connectivity index (χ0v) is 11.4. The molecule has 0 aromatic rings. The van der Waals surface area contributed by atoms with Crippen molar-refractivity contribution in [3.05, 3.63) is 0 Å². The van der Waals surface area contributed by atoms with Gasteiger partial charge in [-0.1, -0.05) is 0 Å².